The Morgan fingerprint density at radius 3 is 2.74 bits per heavy atom. The van der Waals surface area contributed by atoms with Crippen molar-refractivity contribution in [1.82, 2.24) is 14.7 Å². The van der Waals surface area contributed by atoms with Crippen LogP contribution in [0.15, 0.2) is 42.6 Å². The summed E-state index contributed by atoms with van der Waals surface area (Å²) in [6.07, 6.45) is 1.71. The molecule has 3 aromatic rings. The van der Waals surface area contributed by atoms with Gasteiger partial charge in [0.1, 0.15) is 0 Å². The van der Waals surface area contributed by atoms with E-state index in [9.17, 15) is 9.59 Å². The Hall–Kier alpha value is -3.19. The molecule has 3 rings (SSSR count). The molecule has 0 aliphatic rings. The van der Waals surface area contributed by atoms with Gasteiger partial charge >= 0.3 is 0 Å². The van der Waals surface area contributed by atoms with E-state index in [-0.39, 0.29) is 23.3 Å². The minimum absolute atomic E-state index is 0.156. The smallest absolute Gasteiger partial charge is 0.292 e. The lowest BCUT2D eigenvalue weighted by Crippen LogP contribution is -2.27. The van der Waals surface area contributed by atoms with Crippen molar-refractivity contribution in [2.24, 2.45) is 0 Å². The second-order valence-corrected chi connectivity index (χ2v) is 6.26. The monoisotopic (exact) mass is 366 g/mol. The number of nitrogens with zero attached hydrogens (tertiary/aromatic N) is 2. The van der Waals surface area contributed by atoms with Gasteiger partial charge < -0.3 is 15.4 Å². The number of rotatable bonds is 6. The van der Waals surface area contributed by atoms with Gasteiger partial charge in [0.25, 0.3) is 11.8 Å². The normalized spacial score (nSPS) is 10.8. The predicted molar refractivity (Wildman–Crippen MR) is 103 cm³/mol. The van der Waals surface area contributed by atoms with Crippen LogP contribution in [0.3, 0.4) is 0 Å². The average molecular weight is 366 g/mol. The summed E-state index contributed by atoms with van der Waals surface area (Å²) < 4.78 is 6.56. The van der Waals surface area contributed by atoms with Crippen LogP contribution in [-0.2, 0) is 4.74 Å². The van der Waals surface area contributed by atoms with Gasteiger partial charge in [-0.1, -0.05) is 18.2 Å². The zero-order chi connectivity index (χ0) is 19.4. The average Bonchev–Trinajstić information content (AvgIpc) is 3.05. The molecule has 0 bridgehead atoms. The molecule has 0 saturated heterocycles. The van der Waals surface area contributed by atoms with Crippen molar-refractivity contribution in [3.05, 3.63) is 65.2 Å². The van der Waals surface area contributed by atoms with Gasteiger partial charge in [-0.25, -0.2) is 4.98 Å². The van der Waals surface area contributed by atoms with Crippen molar-refractivity contribution in [3.63, 3.8) is 0 Å². The van der Waals surface area contributed by atoms with Gasteiger partial charge in [-0.05, 0) is 43.2 Å². The van der Waals surface area contributed by atoms with E-state index in [1.54, 1.807) is 35.9 Å². The number of aryl methyl sites for hydroxylation is 2. The summed E-state index contributed by atoms with van der Waals surface area (Å²) >= 11 is 0. The van der Waals surface area contributed by atoms with Gasteiger partial charge in [-0.2, -0.15) is 0 Å². The van der Waals surface area contributed by atoms with Crippen molar-refractivity contribution >= 4 is 23.0 Å². The molecule has 0 fully saturated rings. The van der Waals surface area contributed by atoms with E-state index in [4.69, 9.17) is 4.74 Å². The third kappa shape index (κ3) is 3.98. The predicted octanol–water partition coefficient (Wildman–Crippen LogP) is 2.58. The number of carbonyl (C=O) groups excluding carboxylic acids is 2. The Kier molecular flexibility index (Phi) is 5.52. The van der Waals surface area contributed by atoms with Crippen LogP contribution in [0.1, 0.15) is 32.2 Å². The molecule has 0 aliphatic heterocycles. The number of methoxy groups -OCH3 is 1. The lowest BCUT2D eigenvalue weighted by Gasteiger charge is -2.08. The quantitative estimate of drug-likeness (QED) is 0.657. The van der Waals surface area contributed by atoms with Crippen LogP contribution >= 0.6 is 0 Å². The first-order chi connectivity index (χ1) is 13.0. The van der Waals surface area contributed by atoms with Crippen LogP contribution in [0, 0.1) is 13.8 Å². The molecule has 2 heterocycles. The summed E-state index contributed by atoms with van der Waals surface area (Å²) in [6, 6.07) is 11.2. The molecule has 2 N–H and O–H groups in total. The molecular formula is C20H22N4O3. The first kappa shape index (κ1) is 18.6. The SMILES string of the molecule is COCCNC(=O)c1nc(C(=O)Nc2cc(C)ccc2C)n2ccccc12. The van der Waals surface area contributed by atoms with E-state index in [2.05, 4.69) is 15.6 Å². The van der Waals surface area contributed by atoms with Gasteiger partial charge in [0.15, 0.2) is 5.69 Å². The van der Waals surface area contributed by atoms with Crippen molar-refractivity contribution in [1.29, 1.82) is 0 Å². The number of nitrogens with one attached hydrogen (secondary N) is 2. The number of pyridine rings is 1. The van der Waals surface area contributed by atoms with E-state index < -0.39 is 0 Å². The van der Waals surface area contributed by atoms with Crippen LogP contribution in [0.5, 0.6) is 0 Å². The highest BCUT2D eigenvalue weighted by atomic mass is 16.5. The lowest BCUT2D eigenvalue weighted by molar-refractivity contribution is 0.0934. The largest absolute Gasteiger partial charge is 0.383 e. The molecular weight excluding hydrogens is 344 g/mol. The molecule has 0 spiro atoms. The van der Waals surface area contributed by atoms with Crippen LogP contribution in [0.25, 0.3) is 5.52 Å². The fourth-order valence-electron chi connectivity index (χ4n) is 2.76. The number of aromatic nitrogens is 2. The molecule has 1 aromatic carbocycles. The number of benzene rings is 1. The first-order valence-electron chi connectivity index (χ1n) is 8.64. The number of carbonyl (C=O) groups is 2. The number of anilines is 1. The van der Waals surface area contributed by atoms with E-state index in [1.165, 1.54) is 0 Å². The topological polar surface area (TPSA) is 84.7 Å². The molecule has 0 saturated carbocycles. The van der Waals surface area contributed by atoms with E-state index in [1.807, 2.05) is 32.0 Å². The third-order valence-corrected chi connectivity index (χ3v) is 4.20. The molecule has 0 atom stereocenters. The van der Waals surface area contributed by atoms with Crippen molar-refractivity contribution in [2.45, 2.75) is 13.8 Å². The van der Waals surface area contributed by atoms with E-state index >= 15 is 0 Å². The Morgan fingerprint density at radius 2 is 1.96 bits per heavy atom. The molecule has 0 unspecified atom stereocenters. The van der Waals surface area contributed by atoms with Crippen LogP contribution < -0.4 is 10.6 Å². The summed E-state index contributed by atoms with van der Waals surface area (Å²) in [5, 5.41) is 5.63. The van der Waals surface area contributed by atoms with Gasteiger partial charge in [-0.15, -0.1) is 0 Å². The Bertz CT molecular complexity index is 994. The molecule has 0 radical (unpaired) electrons. The maximum absolute atomic E-state index is 12.8. The zero-order valence-electron chi connectivity index (χ0n) is 15.6. The molecule has 27 heavy (non-hydrogen) atoms. The highest BCUT2D eigenvalue weighted by Crippen LogP contribution is 2.19. The summed E-state index contributed by atoms with van der Waals surface area (Å²) in [7, 11) is 1.56. The molecule has 140 valence electrons. The lowest BCUT2D eigenvalue weighted by atomic mass is 10.1. The minimum atomic E-state index is -0.374. The highest BCUT2D eigenvalue weighted by Gasteiger charge is 2.21. The van der Waals surface area contributed by atoms with Crippen LogP contribution in [0.2, 0.25) is 0 Å². The maximum atomic E-state index is 12.8. The second-order valence-electron chi connectivity index (χ2n) is 6.26. The fourth-order valence-corrected chi connectivity index (χ4v) is 2.76. The Morgan fingerprint density at radius 1 is 1.15 bits per heavy atom. The van der Waals surface area contributed by atoms with Gasteiger partial charge in [0, 0.05) is 25.5 Å². The fraction of sp³-hybridized carbons (Fsp3) is 0.250. The van der Waals surface area contributed by atoms with E-state index in [0.29, 0.717) is 18.7 Å². The number of fused-ring (bicyclic) bond motifs is 1. The summed E-state index contributed by atoms with van der Waals surface area (Å²) in [6.45, 7) is 4.65. The number of hydrogen-bond donors (Lipinski definition) is 2. The van der Waals surface area contributed by atoms with Crippen molar-refractivity contribution in [2.75, 3.05) is 25.6 Å². The standard InChI is InChI=1S/C20H22N4O3/c1-13-7-8-14(2)15(12-13)22-20(26)18-23-17(19(25)21-9-11-27-3)16-6-4-5-10-24(16)18/h4-8,10,12H,9,11H2,1-3H3,(H,21,25)(H,22,26). The number of imidazole rings is 1. The summed E-state index contributed by atoms with van der Waals surface area (Å²) in [5.41, 5.74) is 3.49. The zero-order valence-corrected chi connectivity index (χ0v) is 15.6. The van der Waals surface area contributed by atoms with E-state index in [0.717, 1.165) is 16.8 Å². The third-order valence-electron chi connectivity index (χ3n) is 4.20. The Balaban J connectivity index is 1.93. The van der Waals surface area contributed by atoms with Crippen LogP contribution in [-0.4, -0.2) is 41.5 Å². The number of ether oxygens (including phenoxy) is 1. The van der Waals surface area contributed by atoms with Crippen molar-refractivity contribution < 1.29 is 14.3 Å². The number of hydrogen-bond acceptors (Lipinski definition) is 4. The number of amides is 2. The van der Waals surface area contributed by atoms with Crippen molar-refractivity contribution in [3.8, 4) is 0 Å². The minimum Gasteiger partial charge on any atom is -0.383 e. The Labute approximate surface area is 157 Å². The van der Waals surface area contributed by atoms with Gasteiger partial charge in [0.05, 0.1) is 12.1 Å². The first-order valence-corrected chi connectivity index (χ1v) is 8.64. The maximum Gasteiger partial charge on any atom is 0.292 e. The molecule has 2 aromatic heterocycles. The molecule has 7 nitrogen and oxygen atoms in total. The van der Waals surface area contributed by atoms with Gasteiger partial charge in [-0.3, -0.25) is 14.0 Å². The summed E-state index contributed by atoms with van der Waals surface area (Å²) in [4.78, 5) is 29.6. The van der Waals surface area contributed by atoms with Crippen LogP contribution in [0.4, 0.5) is 5.69 Å². The molecule has 2 amide bonds. The van der Waals surface area contributed by atoms with Gasteiger partial charge in [0.2, 0.25) is 5.82 Å². The molecule has 0 aliphatic carbocycles. The second kappa shape index (κ2) is 8.01. The highest BCUT2D eigenvalue weighted by molar-refractivity contribution is 6.06. The summed E-state index contributed by atoms with van der Waals surface area (Å²) in [5.74, 6) is -0.564. The molecule has 7 heteroatoms.